The smallest absolute Gasteiger partial charge is 0.138 e. The van der Waals surface area contributed by atoms with Gasteiger partial charge in [-0.15, -0.1) is 0 Å². The van der Waals surface area contributed by atoms with Crippen molar-refractivity contribution in [2.75, 3.05) is 23.7 Å². The van der Waals surface area contributed by atoms with Crippen LogP contribution in [0.2, 0.25) is 0 Å². The van der Waals surface area contributed by atoms with Gasteiger partial charge >= 0.3 is 0 Å². The Balaban J connectivity index is 3.18. The molecule has 4 nitrogen and oxygen atoms in total. The highest BCUT2D eigenvalue weighted by atomic mass is 15.1. The normalized spacial score (nSPS) is 11.4. The Bertz CT molecular complexity index is 394. The maximum absolute atomic E-state index is 4.66. The van der Waals surface area contributed by atoms with E-state index < -0.39 is 0 Å². The molecule has 0 aliphatic rings. The topological polar surface area (TPSA) is 49.8 Å². The molecule has 1 rings (SSSR count). The number of rotatable bonds is 5. The van der Waals surface area contributed by atoms with Crippen LogP contribution in [-0.4, -0.2) is 23.1 Å². The summed E-state index contributed by atoms with van der Waals surface area (Å²) >= 11 is 0. The lowest BCUT2D eigenvalue weighted by Gasteiger charge is -2.21. The van der Waals surface area contributed by atoms with Gasteiger partial charge in [-0.05, 0) is 20.3 Å². The minimum atomic E-state index is -0.0412. The van der Waals surface area contributed by atoms with Gasteiger partial charge in [-0.1, -0.05) is 27.7 Å². The fourth-order valence-electron chi connectivity index (χ4n) is 1.61. The van der Waals surface area contributed by atoms with Crippen LogP contribution in [0.1, 0.15) is 52.4 Å². The van der Waals surface area contributed by atoms with Crippen molar-refractivity contribution in [3.63, 3.8) is 0 Å². The molecule has 102 valence electrons. The highest BCUT2D eigenvalue weighted by Crippen LogP contribution is 2.26. The van der Waals surface area contributed by atoms with Crippen LogP contribution < -0.4 is 10.6 Å². The number of aromatic nitrogens is 2. The third kappa shape index (κ3) is 3.59. The molecule has 4 heteroatoms. The third-order valence-electron chi connectivity index (χ3n) is 2.70. The van der Waals surface area contributed by atoms with Crippen molar-refractivity contribution in [1.82, 2.24) is 9.97 Å². The van der Waals surface area contributed by atoms with Gasteiger partial charge in [-0.2, -0.15) is 0 Å². The van der Waals surface area contributed by atoms with Crippen LogP contribution in [0.3, 0.4) is 0 Å². The van der Waals surface area contributed by atoms with Gasteiger partial charge in [0.05, 0.1) is 0 Å². The van der Waals surface area contributed by atoms with E-state index in [1.54, 1.807) is 0 Å². The molecular weight excluding hydrogens is 224 g/mol. The molecule has 0 atom stereocenters. The molecule has 1 heterocycles. The van der Waals surface area contributed by atoms with Crippen LogP contribution in [0.5, 0.6) is 0 Å². The molecule has 2 N–H and O–H groups in total. The van der Waals surface area contributed by atoms with Gasteiger partial charge in [0.2, 0.25) is 0 Å². The van der Waals surface area contributed by atoms with Crippen molar-refractivity contribution < 1.29 is 0 Å². The van der Waals surface area contributed by atoms with Crippen LogP contribution in [-0.2, 0) is 5.41 Å². The molecule has 0 aromatic carbocycles. The van der Waals surface area contributed by atoms with E-state index in [-0.39, 0.29) is 5.41 Å². The molecule has 0 radical (unpaired) electrons. The lowest BCUT2D eigenvalue weighted by Crippen LogP contribution is -2.20. The Kier molecular flexibility index (Phi) is 4.93. The van der Waals surface area contributed by atoms with Gasteiger partial charge in [-0.3, -0.25) is 0 Å². The van der Waals surface area contributed by atoms with E-state index in [0.717, 1.165) is 42.5 Å². The number of nitrogens with zero attached hydrogens (tertiary/aromatic N) is 2. The van der Waals surface area contributed by atoms with Crippen LogP contribution in [0.4, 0.5) is 11.6 Å². The maximum atomic E-state index is 4.66. The van der Waals surface area contributed by atoms with Gasteiger partial charge in [0.1, 0.15) is 17.5 Å². The zero-order valence-corrected chi connectivity index (χ0v) is 12.5. The molecule has 0 fully saturated rings. The molecule has 18 heavy (non-hydrogen) atoms. The minimum absolute atomic E-state index is 0.0412. The lowest BCUT2D eigenvalue weighted by atomic mass is 9.95. The third-order valence-corrected chi connectivity index (χ3v) is 2.70. The van der Waals surface area contributed by atoms with E-state index in [1.165, 1.54) is 0 Å². The second kappa shape index (κ2) is 6.03. The zero-order chi connectivity index (χ0) is 13.8. The Labute approximate surface area is 111 Å². The van der Waals surface area contributed by atoms with E-state index in [1.807, 2.05) is 0 Å². The number of hydrogen-bond donors (Lipinski definition) is 2. The van der Waals surface area contributed by atoms with Crippen molar-refractivity contribution in [2.24, 2.45) is 0 Å². The van der Waals surface area contributed by atoms with Crippen molar-refractivity contribution in [3.05, 3.63) is 11.4 Å². The molecule has 0 spiro atoms. The van der Waals surface area contributed by atoms with Gasteiger partial charge in [0.25, 0.3) is 0 Å². The van der Waals surface area contributed by atoms with E-state index in [2.05, 4.69) is 62.1 Å². The fraction of sp³-hybridized carbons (Fsp3) is 0.714. The molecule has 0 saturated carbocycles. The summed E-state index contributed by atoms with van der Waals surface area (Å²) in [5.74, 6) is 2.77. The molecule has 0 unspecified atom stereocenters. The summed E-state index contributed by atoms with van der Waals surface area (Å²) in [6.45, 7) is 14.5. The molecule has 0 saturated heterocycles. The number of anilines is 2. The second-order valence-electron chi connectivity index (χ2n) is 5.58. The number of nitrogens with one attached hydrogen (secondary N) is 2. The van der Waals surface area contributed by atoms with E-state index >= 15 is 0 Å². The minimum Gasteiger partial charge on any atom is -0.370 e. The predicted octanol–water partition coefficient (Wildman–Crippen LogP) is 3.34. The van der Waals surface area contributed by atoms with Crippen molar-refractivity contribution in [2.45, 2.75) is 53.4 Å². The van der Waals surface area contributed by atoms with Crippen LogP contribution >= 0.6 is 0 Å². The molecule has 0 aliphatic heterocycles. The SMILES string of the molecule is CCCNc1nc(C(C)(C)C)nc(NCC)c1C. The molecule has 1 aromatic heterocycles. The average Bonchev–Trinajstić information content (AvgIpc) is 2.29. The average molecular weight is 250 g/mol. The first-order chi connectivity index (χ1) is 8.40. The van der Waals surface area contributed by atoms with Crippen molar-refractivity contribution in [3.8, 4) is 0 Å². The summed E-state index contributed by atoms with van der Waals surface area (Å²) in [5.41, 5.74) is 1.05. The first-order valence-electron chi connectivity index (χ1n) is 6.77. The van der Waals surface area contributed by atoms with Crippen molar-refractivity contribution in [1.29, 1.82) is 0 Å². The largest absolute Gasteiger partial charge is 0.370 e. The predicted molar refractivity (Wildman–Crippen MR) is 78.4 cm³/mol. The van der Waals surface area contributed by atoms with Crippen LogP contribution in [0.25, 0.3) is 0 Å². The van der Waals surface area contributed by atoms with Gasteiger partial charge < -0.3 is 10.6 Å². The summed E-state index contributed by atoms with van der Waals surface area (Å²) in [6.07, 6.45) is 1.09. The molecule has 0 bridgehead atoms. The highest BCUT2D eigenvalue weighted by Gasteiger charge is 2.20. The first-order valence-corrected chi connectivity index (χ1v) is 6.77. The fourth-order valence-corrected chi connectivity index (χ4v) is 1.61. The van der Waals surface area contributed by atoms with Gasteiger partial charge in [0.15, 0.2) is 0 Å². The summed E-state index contributed by atoms with van der Waals surface area (Å²) in [4.78, 5) is 9.30. The molecule has 0 amide bonds. The summed E-state index contributed by atoms with van der Waals surface area (Å²) < 4.78 is 0. The Morgan fingerprint density at radius 3 is 2.00 bits per heavy atom. The Morgan fingerprint density at radius 1 is 1.00 bits per heavy atom. The zero-order valence-electron chi connectivity index (χ0n) is 12.5. The van der Waals surface area contributed by atoms with E-state index in [0.29, 0.717) is 0 Å². The summed E-state index contributed by atoms with van der Waals surface area (Å²) in [5, 5.41) is 6.70. The van der Waals surface area contributed by atoms with Gasteiger partial charge in [-0.25, -0.2) is 9.97 Å². The van der Waals surface area contributed by atoms with Crippen molar-refractivity contribution >= 4 is 11.6 Å². The highest BCUT2D eigenvalue weighted by molar-refractivity contribution is 5.57. The van der Waals surface area contributed by atoms with Gasteiger partial charge in [0, 0.05) is 24.1 Å². The maximum Gasteiger partial charge on any atom is 0.138 e. The molecular formula is C14H26N4. The van der Waals surface area contributed by atoms with E-state index in [9.17, 15) is 0 Å². The molecule has 0 aliphatic carbocycles. The second-order valence-corrected chi connectivity index (χ2v) is 5.58. The van der Waals surface area contributed by atoms with Crippen LogP contribution in [0, 0.1) is 6.92 Å². The lowest BCUT2D eigenvalue weighted by molar-refractivity contribution is 0.546. The summed E-state index contributed by atoms with van der Waals surface area (Å²) in [6, 6.07) is 0. The Hall–Kier alpha value is -1.32. The number of hydrogen-bond acceptors (Lipinski definition) is 4. The standard InChI is InChI=1S/C14H26N4/c1-7-9-16-12-10(3)11(15-8-2)17-13(18-12)14(4,5)6/h7-9H2,1-6H3,(H2,15,16,17,18). The quantitative estimate of drug-likeness (QED) is 0.841. The van der Waals surface area contributed by atoms with Crippen LogP contribution in [0.15, 0.2) is 0 Å². The monoisotopic (exact) mass is 250 g/mol. The van der Waals surface area contributed by atoms with E-state index in [4.69, 9.17) is 0 Å². The summed E-state index contributed by atoms with van der Waals surface area (Å²) in [7, 11) is 0. The Morgan fingerprint density at radius 2 is 1.56 bits per heavy atom. The molecule has 1 aromatic rings. The first kappa shape index (κ1) is 14.7.